The minimum absolute atomic E-state index is 0.0181. The number of carbonyl (C=O) groups excluding carboxylic acids is 4. The van der Waals surface area contributed by atoms with Crippen LogP contribution in [0.25, 0.3) is 22.3 Å². The summed E-state index contributed by atoms with van der Waals surface area (Å²) in [4.78, 5) is 67.1. The van der Waals surface area contributed by atoms with Gasteiger partial charge in [-0.15, -0.1) is 0 Å². The molecular weight excluding hydrogens is 815 g/mol. The number of alkyl carbamates (subject to hydrolysis) is 2. The molecule has 2 aliphatic rings. The Bertz CT molecular complexity index is 2530. The maximum Gasteiger partial charge on any atom is 0.407 e. The van der Waals surface area contributed by atoms with Crippen molar-refractivity contribution >= 4 is 40.9 Å². The number of fused-ring (bicyclic) bond motifs is 6. The summed E-state index contributed by atoms with van der Waals surface area (Å²) in [7, 11) is 0. The molecule has 8 rings (SSSR count). The molecule has 4 N–H and O–H groups in total. The van der Waals surface area contributed by atoms with Crippen molar-refractivity contribution in [3.8, 4) is 22.3 Å². The zero-order chi connectivity index (χ0) is 43.7. The minimum atomic E-state index is -1.53. The first-order valence-electron chi connectivity index (χ1n) is 20.7. The number of carbonyl (C=O) groups is 5. The molecule has 0 aromatic heterocycles. The third-order valence-corrected chi connectivity index (χ3v) is 12.5. The van der Waals surface area contributed by atoms with Gasteiger partial charge in [-0.3, -0.25) is 9.59 Å². The maximum absolute atomic E-state index is 13.9. The Hall–Kier alpha value is -7.18. The van der Waals surface area contributed by atoms with E-state index >= 15 is 0 Å². The predicted octanol–water partition coefficient (Wildman–Crippen LogP) is 8.12. The molecule has 6 aromatic rings. The lowest BCUT2D eigenvalue weighted by atomic mass is 9.98. The number of ether oxygens (including phenoxy) is 2. The van der Waals surface area contributed by atoms with Crippen LogP contribution in [0.1, 0.15) is 45.2 Å². The molecule has 0 heterocycles. The van der Waals surface area contributed by atoms with E-state index < -0.39 is 47.3 Å². The van der Waals surface area contributed by atoms with Gasteiger partial charge in [0.05, 0.1) is 0 Å². The molecule has 318 valence electrons. The molecule has 3 amide bonds. The molecule has 0 saturated carbocycles. The monoisotopic (exact) mass is 859 g/mol. The van der Waals surface area contributed by atoms with E-state index in [1.807, 2.05) is 133 Å². The van der Waals surface area contributed by atoms with E-state index in [1.165, 1.54) is 0 Å². The van der Waals surface area contributed by atoms with Crippen molar-refractivity contribution in [3.63, 3.8) is 0 Å². The zero-order valence-electron chi connectivity index (χ0n) is 34.1. The summed E-state index contributed by atoms with van der Waals surface area (Å²) in [5.41, 5.74) is 9.92. The fourth-order valence-electron chi connectivity index (χ4n) is 8.38. The Kier molecular flexibility index (Phi) is 13.3. The maximum atomic E-state index is 13.9. The van der Waals surface area contributed by atoms with Gasteiger partial charge in [-0.05, 0) is 55.6 Å². The van der Waals surface area contributed by atoms with Crippen LogP contribution in [-0.2, 0) is 36.7 Å². The van der Waals surface area contributed by atoms with Crippen molar-refractivity contribution in [2.24, 2.45) is 0 Å². The van der Waals surface area contributed by atoms with Crippen molar-refractivity contribution in [1.29, 1.82) is 0 Å². The first-order chi connectivity index (χ1) is 30.7. The number of carboxylic acid groups (broad SMARTS) is 1. The lowest BCUT2D eigenvalue weighted by Crippen LogP contribution is -2.53. The topological polar surface area (TPSA) is 160 Å². The van der Waals surface area contributed by atoms with Crippen molar-refractivity contribution in [2.45, 2.75) is 42.8 Å². The highest BCUT2D eigenvalue weighted by Gasteiger charge is 2.33. The highest BCUT2D eigenvalue weighted by Crippen LogP contribution is 2.45. The van der Waals surface area contributed by atoms with Crippen molar-refractivity contribution in [1.82, 2.24) is 16.0 Å². The standard InChI is InChI=1S/C51H45N3O8S/c55-47(44(27-32-15-3-1-4-16-32)53-50(59)61-29-42-38-23-11-7-19-34(38)35-20-8-12-24-39(35)42)52-46(48(56)57)31-63-49(58)45(28-33-17-5-2-6-18-33)54-51(60)62-30-43-40-25-13-9-21-36(40)37-22-10-14-26-41(37)43/h1-26,42-46H,27-31H2,(H,52,55)(H,53,59)(H,54,60)(H,56,57)/t44-,45-,46-/m0/s1. The van der Waals surface area contributed by atoms with Gasteiger partial charge in [0, 0.05) is 30.4 Å². The second kappa shape index (κ2) is 19.7. The summed E-state index contributed by atoms with van der Waals surface area (Å²) in [6.07, 6.45) is -1.48. The second-order valence-electron chi connectivity index (χ2n) is 15.5. The van der Waals surface area contributed by atoms with Crippen LogP contribution in [-0.4, -0.2) is 71.4 Å². The van der Waals surface area contributed by atoms with Crippen LogP contribution in [0.5, 0.6) is 0 Å². The summed E-state index contributed by atoms with van der Waals surface area (Å²) in [6.45, 7) is 0.0604. The Morgan fingerprint density at radius 3 is 1.25 bits per heavy atom. The molecule has 11 nitrogen and oxygen atoms in total. The van der Waals surface area contributed by atoms with Crippen molar-refractivity contribution in [3.05, 3.63) is 191 Å². The van der Waals surface area contributed by atoms with E-state index in [9.17, 15) is 29.1 Å². The van der Waals surface area contributed by atoms with Gasteiger partial charge in [-0.2, -0.15) is 0 Å². The summed E-state index contributed by atoms with van der Waals surface area (Å²) >= 11 is 0.673. The van der Waals surface area contributed by atoms with Crippen molar-refractivity contribution in [2.75, 3.05) is 19.0 Å². The summed E-state index contributed by atoms with van der Waals surface area (Å²) in [6, 6.07) is 46.1. The van der Waals surface area contributed by atoms with Gasteiger partial charge in [0.1, 0.15) is 31.3 Å². The summed E-state index contributed by atoms with van der Waals surface area (Å²) in [5, 5.41) is 17.6. The van der Waals surface area contributed by atoms with Gasteiger partial charge in [0.15, 0.2) is 0 Å². The molecule has 0 aliphatic heterocycles. The smallest absolute Gasteiger partial charge is 0.407 e. The number of carboxylic acids is 1. The number of nitrogens with one attached hydrogen (secondary N) is 3. The second-order valence-corrected chi connectivity index (χ2v) is 16.5. The highest BCUT2D eigenvalue weighted by atomic mass is 32.2. The molecule has 2 aliphatic carbocycles. The quantitative estimate of drug-likeness (QED) is 0.0754. The van der Waals surface area contributed by atoms with E-state index in [0.29, 0.717) is 11.8 Å². The Morgan fingerprint density at radius 1 is 0.476 bits per heavy atom. The van der Waals surface area contributed by atoms with E-state index in [4.69, 9.17) is 9.47 Å². The Morgan fingerprint density at radius 2 is 0.841 bits per heavy atom. The lowest BCUT2D eigenvalue weighted by Gasteiger charge is -2.23. The third-order valence-electron chi connectivity index (χ3n) is 11.4. The van der Waals surface area contributed by atoms with E-state index in [1.54, 1.807) is 24.3 Å². The van der Waals surface area contributed by atoms with Gasteiger partial charge in [-0.1, -0.05) is 169 Å². The van der Waals surface area contributed by atoms with Crippen LogP contribution in [0, 0.1) is 0 Å². The molecule has 0 radical (unpaired) electrons. The SMILES string of the molecule is O=C(N[C@@H](Cc1ccccc1)C(=O)N[C@@H](CSC(=O)[C@H](Cc1ccccc1)NC(=O)OCC1c2ccccc2-c2ccccc21)C(=O)O)OCC1c2ccccc2-c2ccccc21. The van der Waals surface area contributed by atoms with Crippen LogP contribution in [0.3, 0.4) is 0 Å². The van der Waals surface area contributed by atoms with Crippen LogP contribution in [0.4, 0.5) is 9.59 Å². The normalized spacial score (nSPS) is 13.8. The average Bonchev–Trinajstić information content (AvgIpc) is 3.81. The molecule has 0 bridgehead atoms. The molecular formula is C51H45N3O8S. The predicted molar refractivity (Wildman–Crippen MR) is 241 cm³/mol. The Balaban J connectivity index is 0.910. The van der Waals surface area contributed by atoms with Gasteiger partial charge in [0.25, 0.3) is 0 Å². The number of hydrogen-bond acceptors (Lipinski definition) is 8. The van der Waals surface area contributed by atoms with Gasteiger partial charge in [-0.25, -0.2) is 14.4 Å². The molecule has 6 aromatic carbocycles. The number of hydrogen-bond donors (Lipinski definition) is 4. The molecule has 0 spiro atoms. The van der Waals surface area contributed by atoms with Crippen LogP contribution in [0.15, 0.2) is 158 Å². The minimum Gasteiger partial charge on any atom is -0.480 e. The molecule has 0 saturated heterocycles. The number of rotatable bonds is 16. The molecule has 0 fully saturated rings. The van der Waals surface area contributed by atoms with Crippen molar-refractivity contribution < 1.29 is 38.6 Å². The molecule has 0 unspecified atom stereocenters. The first kappa shape index (κ1) is 42.5. The Labute approximate surface area is 369 Å². The van der Waals surface area contributed by atoms with Gasteiger partial charge < -0.3 is 30.5 Å². The van der Waals surface area contributed by atoms with E-state index in [2.05, 4.69) is 16.0 Å². The molecule has 12 heteroatoms. The van der Waals surface area contributed by atoms with Crippen LogP contribution >= 0.6 is 11.8 Å². The highest BCUT2D eigenvalue weighted by molar-refractivity contribution is 8.13. The summed E-state index contributed by atoms with van der Waals surface area (Å²) in [5.74, 6) is -2.91. The number of thioether (sulfide) groups is 1. The van der Waals surface area contributed by atoms with E-state index in [-0.39, 0.29) is 43.6 Å². The van der Waals surface area contributed by atoms with Crippen LogP contribution < -0.4 is 16.0 Å². The fourth-order valence-corrected chi connectivity index (χ4v) is 9.28. The van der Waals surface area contributed by atoms with E-state index in [0.717, 1.165) is 55.6 Å². The molecule has 63 heavy (non-hydrogen) atoms. The number of benzene rings is 6. The van der Waals surface area contributed by atoms with Crippen LogP contribution in [0.2, 0.25) is 0 Å². The summed E-state index contributed by atoms with van der Waals surface area (Å²) < 4.78 is 11.5. The zero-order valence-corrected chi connectivity index (χ0v) is 35.0. The van der Waals surface area contributed by atoms with Gasteiger partial charge in [0.2, 0.25) is 11.0 Å². The first-order valence-corrected chi connectivity index (χ1v) is 21.7. The molecule has 3 atom stereocenters. The largest absolute Gasteiger partial charge is 0.480 e. The average molecular weight is 860 g/mol. The number of aliphatic carboxylic acids is 1. The fraction of sp³-hybridized carbons (Fsp3) is 0.196. The van der Waals surface area contributed by atoms with Gasteiger partial charge >= 0.3 is 18.2 Å². The number of amides is 3. The lowest BCUT2D eigenvalue weighted by molar-refractivity contribution is -0.141. The third kappa shape index (κ3) is 9.98.